The summed E-state index contributed by atoms with van der Waals surface area (Å²) in [4.78, 5) is 0. The second-order valence-electron chi connectivity index (χ2n) is 2.03. The fourth-order valence-corrected chi connectivity index (χ4v) is 0.628. The molecule has 1 heterocycles. The summed E-state index contributed by atoms with van der Waals surface area (Å²) in [5.41, 5.74) is 5.33. The molecule has 0 aromatic carbocycles. The molecule has 52 valence electrons. The van der Waals surface area contributed by atoms with Crippen LogP contribution in [-0.2, 0) is 0 Å². The third kappa shape index (κ3) is 1.08. The number of nitrogen functional groups attached to an aromatic ring is 1. The number of nitrogens with two attached hydrogens (primary N) is 1. The van der Waals surface area contributed by atoms with Gasteiger partial charge < -0.3 is 5.73 Å². The van der Waals surface area contributed by atoms with Crippen molar-refractivity contribution in [3.63, 3.8) is 0 Å². The van der Waals surface area contributed by atoms with E-state index in [0.717, 1.165) is 0 Å². The van der Waals surface area contributed by atoms with Gasteiger partial charge in [-0.3, -0.25) is 4.68 Å². The van der Waals surface area contributed by atoms with Gasteiger partial charge in [-0.05, 0) is 13.0 Å². The van der Waals surface area contributed by atoms with Crippen LogP contribution in [0.25, 0.3) is 0 Å². The highest BCUT2D eigenvalue weighted by Crippen LogP contribution is 2.03. The number of nitrogens with zero attached hydrogens (tertiary/aromatic N) is 3. The van der Waals surface area contributed by atoms with Crippen molar-refractivity contribution in [2.24, 2.45) is 0 Å². The molecule has 1 atom stereocenters. The standard InChI is InChI=1S/C6H8N4/c1-5(4-7)10-3-2-6(8)9-10/h2-3,5H,1H3,(H2,8,9)/t5-/m0/s1. The van der Waals surface area contributed by atoms with Gasteiger partial charge >= 0.3 is 0 Å². The molecule has 1 rings (SSSR count). The highest BCUT2D eigenvalue weighted by Gasteiger charge is 2.01. The average Bonchev–Trinajstić information content (AvgIpc) is 2.34. The summed E-state index contributed by atoms with van der Waals surface area (Å²) in [6.07, 6.45) is 1.68. The molecule has 2 N–H and O–H groups in total. The molecule has 0 spiro atoms. The third-order valence-corrected chi connectivity index (χ3v) is 1.21. The van der Waals surface area contributed by atoms with Crippen LogP contribution in [0.1, 0.15) is 13.0 Å². The van der Waals surface area contributed by atoms with Crippen molar-refractivity contribution in [2.75, 3.05) is 5.73 Å². The second-order valence-corrected chi connectivity index (χ2v) is 2.03. The van der Waals surface area contributed by atoms with Gasteiger partial charge in [0.1, 0.15) is 11.9 Å². The van der Waals surface area contributed by atoms with Gasteiger partial charge in [0.15, 0.2) is 0 Å². The van der Waals surface area contributed by atoms with Crippen molar-refractivity contribution in [3.8, 4) is 6.07 Å². The van der Waals surface area contributed by atoms with Crippen LogP contribution in [0.2, 0.25) is 0 Å². The summed E-state index contributed by atoms with van der Waals surface area (Å²) in [5, 5.41) is 12.3. The van der Waals surface area contributed by atoms with Crippen LogP contribution in [0, 0.1) is 11.3 Å². The minimum Gasteiger partial charge on any atom is -0.382 e. The Morgan fingerprint density at radius 1 is 1.90 bits per heavy atom. The molecule has 10 heavy (non-hydrogen) atoms. The smallest absolute Gasteiger partial charge is 0.145 e. The Morgan fingerprint density at radius 2 is 2.60 bits per heavy atom. The summed E-state index contributed by atoms with van der Waals surface area (Å²) < 4.78 is 1.52. The summed E-state index contributed by atoms with van der Waals surface area (Å²) in [6, 6.07) is 3.46. The van der Waals surface area contributed by atoms with E-state index in [4.69, 9.17) is 11.0 Å². The number of nitriles is 1. The van der Waals surface area contributed by atoms with Crippen LogP contribution in [0.5, 0.6) is 0 Å². The number of aromatic nitrogens is 2. The highest BCUT2D eigenvalue weighted by molar-refractivity contribution is 5.24. The molecule has 4 nitrogen and oxygen atoms in total. The molecule has 0 saturated carbocycles. The van der Waals surface area contributed by atoms with Gasteiger partial charge in [-0.1, -0.05) is 0 Å². The summed E-state index contributed by atoms with van der Waals surface area (Å²) in [6.45, 7) is 1.76. The molecular weight excluding hydrogens is 128 g/mol. The first kappa shape index (κ1) is 6.62. The first-order chi connectivity index (χ1) is 4.74. The Morgan fingerprint density at radius 3 is 3.00 bits per heavy atom. The Bertz CT molecular complexity index is 257. The van der Waals surface area contributed by atoms with E-state index in [2.05, 4.69) is 5.10 Å². The Balaban J connectivity index is 2.87. The maximum absolute atomic E-state index is 8.45. The summed E-state index contributed by atoms with van der Waals surface area (Å²) in [5.74, 6) is 0.446. The van der Waals surface area contributed by atoms with E-state index in [1.54, 1.807) is 19.2 Å². The first-order valence-electron chi connectivity index (χ1n) is 2.94. The first-order valence-corrected chi connectivity index (χ1v) is 2.94. The zero-order chi connectivity index (χ0) is 7.56. The number of hydrogen-bond donors (Lipinski definition) is 1. The summed E-state index contributed by atoms with van der Waals surface area (Å²) in [7, 11) is 0. The van der Waals surface area contributed by atoms with Crippen LogP contribution >= 0.6 is 0 Å². The Kier molecular flexibility index (Phi) is 1.59. The van der Waals surface area contributed by atoms with E-state index in [0.29, 0.717) is 5.82 Å². The lowest BCUT2D eigenvalue weighted by Gasteiger charge is -1.99. The third-order valence-electron chi connectivity index (χ3n) is 1.21. The molecule has 0 amide bonds. The molecule has 4 heteroatoms. The maximum atomic E-state index is 8.45. The quantitative estimate of drug-likeness (QED) is 0.613. The normalized spacial score (nSPS) is 12.4. The van der Waals surface area contributed by atoms with Crippen LogP contribution in [0.4, 0.5) is 5.82 Å². The molecule has 0 aliphatic rings. The van der Waals surface area contributed by atoms with E-state index in [9.17, 15) is 0 Å². The van der Waals surface area contributed by atoms with Gasteiger partial charge in [0.05, 0.1) is 6.07 Å². The number of rotatable bonds is 1. The van der Waals surface area contributed by atoms with Crippen LogP contribution < -0.4 is 5.73 Å². The van der Waals surface area contributed by atoms with E-state index >= 15 is 0 Å². The van der Waals surface area contributed by atoms with Crippen molar-refractivity contribution in [3.05, 3.63) is 12.3 Å². The molecule has 1 aromatic heterocycles. The summed E-state index contributed by atoms with van der Waals surface area (Å²) >= 11 is 0. The lowest BCUT2D eigenvalue weighted by molar-refractivity contribution is 0.593. The number of anilines is 1. The Hall–Kier alpha value is -1.50. The van der Waals surface area contributed by atoms with Gasteiger partial charge in [-0.15, -0.1) is 0 Å². The average molecular weight is 136 g/mol. The van der Waals surface area contributed by atoms with Gasteiger partial charge in [0.25, 0.3) is 0 Å². The van der Waals surface area contributed by atoms with Crippen molar-refractivity contribution < 1.29 is 0 Å². The fourth-order valence-electron chi connectivity index (χ4n) is 0.628. The van der Waals surface area contributed by atoms with Crippen LogP contribution in [0.15, 0.2) is 12.3 Å². The SMILES string of the molecule is C[C@@H](C#N)n1ccc(N)n1. The van der Waals surface area contributed by atoms with Crippen molar-refractivity contribution in [2.45, 2.75) is 13.0 Å². The molecule has 0 bridgehead atoms. The Labute approximate surface area is 58.9 Å². The molecule has 0 aliphatic heterocycles. The highest BCUT2D eigenvalue weighted by atomic mass is 15.3. The van der Waals surface area contributed by atoms with Crippen molar-refractivity contribution in [1.29, 1.82) is 5.26 Å². The predicted molar refractivity (Wildman–Crippen MR) is 37.0 cm³/mol. The molecule has 0 radical (unpaired) electrons. The lowest BCUT2D eigenvalue weighted by atomic mass is 10.4. The zero-order valence-corrected chi connectivity index (χ0v) is 5.65. The molecular formula is C6H8N4. The largest absolute Gasteiger partial charge is 0.382 e. The molecule has 0 unspecified atom stereocenters. The predicted octanol–water partition coefficient (Wildman–Crippen LogP) is 0.550. The molecule has 1 aromatic rings. The van der Waals surface area contributed by atoms with Gasteiger partial charge in [-0.25, -0.2) is 0 Å². The van der Waals surface area contributed by atoms with E-state index < -0.39 is 0 Å². The van der Waals surface area contributed by atoms with Gasteiger partial charge in [0.2, 0.25) is 0 Å². The monoisotopic (exact) mass is 136 g/mol. The molecule has 0 aliphatic carbocycles. The van der Waals surface area contributed by atoms with Crippen molar-refractivity contribution >= 4 is 5.82 Å². The van der Waals surface area contributed by atoms with E-state index in [-0.39, 0.29) is 6.04 Å². The van der Waals surface area contributed by atoms with Crippen LogP contribution in [-0.4, -0.2) is 9.78 Å². The molecule has 0 fully saturated rings. The minimum absolute atomic E-state index is 0.239. The second kappa shape index (κ2) is 2.40. The maximum Gasteiger partial charge on any atom is 0.145 e. The zero-order valence-electron chi connectivity index (χ0n) is 5.65. The van der Waals surface area contributed by atoms with E-state index in [1.165, 1.54) is 4.68 Å². The lowest BCUT2D eigenvalue weighted by Crippen LogP contribution is -2.03. The topological polar surface area (TPSA) is 67.6 Å². The molecule has 0 saturated heterocycles. The van der Waals surface area contributed by atoms with Gasteiger partial charge in [-0.2, -0.15) is 10.4 Å². The van der Waals surface area contributed by atoms with Crippen molar-refractivity contribution in [1.82, 2.24) is 9.78 Å². The number of hydrogen-bond acceptors (Lipinski definition) is 3. The van der Waals surface area contributed by atoms with Gasteiger partial charge in [0, 0.05) is 6.20 Å². The minimum atomic E-state index is -0.239. The fraction of sp³-hybridized carbons (Fsp3) is 0.333. The van der Waals surface area contributed by atoms with Crippen LogP contribution in [0.3, 0.4) is 0 Å². The van der Waals surface area contributed by atoms with E-state index in [1.807, 2.05) is 6.07 Å².